The summed E-state index contributed by atoms with van der Waals surface area (Å²) in [4.78, 5) is 10.6. The number of nitrogens with zero attached hydrogens (tertiary/aromatic N) is 1. The highest BCUT2D eigenvalue weighted by atomic mass is 16.4. The Morgan fingerprint density at radius 2 is 2.27 bits per heavy atom. The number of aliphatic carboxylic acids is 1. The fourth-order valence-corrected chi connectivity index (χ4v) is 1.15. The lowest BCUT2D eigenvalue weighted by atomic mass is 10.1. The number of carboxylic acids is 1. The van der Waals surface area contributed by atoms with Gasteiger partial charge in [0, 0.05) is 18.3 Å². The first-order valence-corrected chi connectivity index (χ1v) is 4.14. The van der Waals surface area contributed by atoms with E-state index in [1.54, 1.807) is 7.05 Å². The fourth-order valence-electron chi connectivity index (χ4n) is 1.15. The molecule has 5 nitrogen and oxygen atoms in total. The van der Waals surface area contributed by atoms with Crippen LogP contribution in [0.1, 0.15) is 11.1 Å². The number of hydrogen-bond donors (Lipinski definition) is 3. The predicted octanol–water partition coefficient (Wildman–Crippen LogP) is 1.05. The number of hydrogen-bond acceptors (Lipinski definition) is 4. The third kappa shape index (κ3) is 2.11. The van der Waals surface area contributed by atoms with E-state index in [1.165, 1.54) is 18.2 Å². The summed E-state index contributed by atoms with van der Waals surface area (Å²) in [5.41, 5.74) is 0.649. The zero-order valence-corrected chi connectivity index (χ0v) is 8.03. The van der Waals surface area contributed by atoms with Gasteiger partial charge in [0.1, 0.15) is 5.71 Å². The first-order valence-electron chi connectivity index (χ1n) is 4.14. The molecule has 0 aliphatic carbocycles. The number of nitrogens with one attached hydrogen (secondary N) is 2. The molecule has 1 aromatic carbocycles. The van der Waals surface area contributed by atoms with Crippen LogP contribution >= 0.6 is 0 Å². The highest BCUT2D eigenvalue weighted by Gasteiger charge is 2.13. The summed E-state index contributed by atoms with van der Waals surface area (Å²) >= 11 is 0. The number of benzene rings is 1. The summed E-state index contributed by atoms with van der Waals surface area (Å²) in [6.45, 7) is 0. The minimum atomic E-state index is -1.30. The minimum absolute atomic E-state index is 0.268. The van der Waals surface area contributed by atoms with Crippen LogP contribution in [0.4, 0.5) is 5.69 Å². The number of carboxylic acid groups (broad SMARTS) is 1. The van der Waals surface area contributed by atoms with E-state index < -0.39 is 11.7 Å². The van der Waals surface area contributed by atoms with E-state index >= 15 is 0 Å². The molecule has 15 heavy (non-hydrogen) atoms. The average molecular weight is 203 g/mol. The van der Waals surface area contributed by atoms with E-state index in [1.807, 2.05) is 6.07 Å². The largest absolute Gasteiger partial charge is 0.477 e. The summed E-state index contributed by atoms with van der Waals surface area (Å²) in [5.74, 6) is -1.30. The third-order valence-electron chi connectivity index (χ3n) is 1.90. The molecule has 0 aromatic heterocycles. The van der Waals surface area contributed by atoms with Gasteiger partial charge >= 0.3 is 5.97 Å². The molecule has 0 aliphatic rings. The van der Waals surface area contributed by atoms with Crippen molar-refractivity contribution >= 4 is 17.4 Å². The zero-order valence-electron chi connectivity index (χ0n) is 8.03. The van der Waals surface area contributed by atoms with E-state index in [2.05, 4.69) is 5.32 Å². The fraction of sp³-hybridized carbons (Fsp3) is 0.100. The molecule has 0 spiro atoms. The maximum absolute atomic E-state index is 10.6. The Bertz CT molecular complexity index is 460. The Balaban J connectivity index is 3.26. The lowest BCUT2D eigenvalue weighted by Gasteiger charge is -2.07. The summed E-state index contributed by atoms with van der Waals surface area (Å²) < 4.78 is 0. The molecule has 0 heterocycles. The van der Waals surface area contributed by atoms with Crippen molar-refractivity contribution in [2.45, 2.75) is 0 Å². The Labute approximate surface area is 86.5 Å². The first-order chi connectivity index (χ1) is 7.10. The molecule has 1 aromatic rings. The van der Waals surface area contributed by atoms with Crippen LogP contribution in [0.5, 0.6) is 0 Å². The van der Waals surface area contributed by atoms with Crippen molar-refractivity contribution in [2.75, 3.05) is 12.4 Å². The van der Waals surface area contributed by atoms with Gasteiger partial charge in [0.2, 0.25) is 0 Å². The topological polar surface area (TPSA) is 97.0 Å². The average Bonchev–Trinajstić information content (AvgIpc) is 2.27. The molecule has 0 atom stereocenters. The van der Waals surface area contributed by atoms with E-state index in [9.17, 15) is 4.79 Å². The summed E-state index contributed by atoms with van der Waals surface area (Å²) in [6, 6.07) is 6.37. The van der Waals surface area contributed by atoms with Crippen LogP contribution < -0.4 is 5.32 Å². The lowest BCUT2D eigenvalue weighted by Crippen LogP contribution is -2.14. The van der Waals surface area contributed by atoms with Crippen LogP contribution in [-0.2, 0) is 4.79 Å². The van der Waals surface area contributed by atoms with Crippen molar-refractivity contribution in [3.8, 4) is 6.07 Å². The Morgan fingerprint density at radius 3 is 2.73 bits per heavy atom. The second kappa shape index (κ2) is 4.24. The van der Waals surface area contributed by atoms with E-state index in [0.717, 1.165) is 0 Å². The second-order valence-corrected chi connectivity index (χ2v) is 2.80. The molecule has 0 saturated heterocycles. The summed E-state index contributed by atoms with van der Waals surface area (Å²) in [6.07, 6.45) is 0. The van der Waals surface area contributed by atoms with E-state index in [4.69, 9.17) is 15.8 Å². The highest BCUT2D eigenvalue weighted by molar-refractivity contribution is 6.42. The van der Waals surface area contributed by atoms with Gasteiger partial charge in [-0.05, 0) is 18.2 Å². The maximum atomic E-state index is 10.6. The van der Waals surface area contributed by atoms with Gasteiger partial charge in [0.05, 0.1) is 11.6 Å². The second-order valence-electron chi connectivity index (χ2n) is 2.80. The maximum Gasteiger partial charge on any atom is 0.354 e. The molecule has 0 bridgehead atoms. The molecule has 76 valence electrons. The van der Waals surface area contributed by atoms with Crippen LogP contribution in [0.25, 0.3) is 0 Å². The van der Waals surface area contributed by atoms with Gasteiger partial charge in [0.15, 0.2) is 0 Å². The third-order valence-corrected chi connectivity index (χ3v) is 1.90. The Hall–Kier alpha value is -2.35. The molecule has 0 aliphatic heterocycles. The number of nitriles is 1. The highest BCUT2D eigenvalue weighted by Crippen LogP contribution is 2.17. The zero-order chi connectivity index (χ0) is 11.4. The number of anilines is 1. The molecule has 0 radical (unpaired) electrons. The first kappa shape index (κ1) is 10.7. The molecule has 0 fully saturated rings. The molecule has 0 amide bonds. The Morgan fingerprint density at radius 1 is 1.60 bits per heavy atom. The van der Waals surface area contributed by atoms with Crippen molar-refractivity contribution in [1.29, 1.82) is 10.7 Å². The monoisotopic (exact) mass is 203 g/mol. The van der Waals surface area contributed by atoms with Crippen LogP contribution in [0, 0.1) is 16.7 Å². The quantitative estimate of drug-likeness (QED) is 0.639. The smallest absolute Gasteiger partial charge is 0.354 e. The molecular weight excluding hydrogens is 194 g/mol. The van der Waals surface area contributed by atoms with Crippen molar-refractivity contribution in [1.82, 2.24) is 0 Å². The van der Waals surface area contributed by atoms with E-state index in [-0.39, 0.29) is 5.56 Å². The normalized spacial score (nSPS) is 9.07. The van der Waals surface area contributed by atoms with Gasteiger partial charge in [-0.3, -0.25) is 5.41 Å². The van der Waals surface area contributed by atoms with E-state index in [0.29, 0.717) is 11.3 Å². The standard InChI is InChI=1S/C10H9N3O2/c1-13-8-4-6(5-11)2-3-7(8)9(12)10(14)15/h2-4,12-13H,1H3,(H,14,15). The van der Waals surface area contributed by atoms with Crippen molar-refractivity contribution in [3.63, 3.8) is 0 Å². The van der Waals surface area contributed by atoms with Crippen LogP contribution in [0.15, 0.2) is 18.2 Å². The number of rotatable bonds is 3. The molecule has 0 saturated carbocycles. The number of carbonyl (C=O) groups is 1. The van der Waals surface area contributed by atoms with Gasteiger partial charge in [-0.2, -0.15) is 5.26 Å². The lowest BCUT2D eigenvalue weighted by molar-refractivity contribution is -0.129. The van der Waals surface area contributed by atoms with Crippen LogP contribution in [0.2, 0.25) is 0 Å². The minimum Gasteiger partial charge on any atom is -0.477 e. The van der Waals surface area contributed by atoms with Crippen LogP contribution in [-0.4, -0.2) is 23.8 Å². The van der Waals surface area contributed by atoms with Crippen molar-refractivity contribution in [3.05, 3.63) is 29.3 Å². The van der Waals surface area contributed by atoms with Gasteiger partial charge < -0.3 is 10.4 Å². The van der Waals surface area contributed by atoms with Gasteiger partial charge in [-0.1, -0.05) is 0 Å². The SMILES string of the molecule is CNc1cc(C#N)ccc1C(=N)C(=O)O. The predicted molar refractivity (Wildman–Crippen MR) is 55.2 cm³/mol. The van der Waals surface area contributed by atoms with Crippen molar-refractivity contribution < 1.29 is 9.90 Å². The van der Waals surface area contributed by atoms with Gasteiger partial charge in [0.25, 0.3) is 0 Å². The van der Waals surface area contributed by atoms with Crippen LogP contribution in [0.3, 0.4) is 0 Å². The molecule has 5 heteroatoms. The summed E-state index contributed by atoms with van der Waals surface area (Å²) in [7, 11) is 1.61. The van der Waals surface area contributed by atoms with Gasteiger partial charge in [-0.15, -0.1) is 0 Å². The molecule has 0 unspecified atom stereocenters. The van der Waals surface area contributed by atoms with Crippen molar-refractivity contribution in [2.24, 2.45) is 0 Å². The Kier molecular flexibility index (Phi) is 3.03. The molecule has 1 rings (SSSR count). The molecular formula is C10H9N3O2. The summed E-state index contributed by atoms with van der Waals surface area (Å²) in [5, 5.41) is 27.4. The molecule has 3 N–H and O–H groups in total. The van der Waals surface area contributed by atoms with Gasteiger partial charge in [-0.25, -0.2) is 4.79 Å².